The molecule has 128 valence electrons. The third kappa shape index (κ3) is 4.08. The molecule has 0 radical (unpaired) electrons. The van der Waals surface area contributed by atoms with Crippen LogP contribution in [0.5, 0.6) is 0 Å². The van der Waals surface area contributed by atoms with E-state index in [1.54, 1.807) is 23.1 Å². The Morgan fingerprint density at radius 3 is 3.12 bits per heavy atom. The van der Waals surface area contributed by atoms with Crippen LogP contribution in [-0.2, 0) is 13.0 Å². The minimum atomic E-state index is -0.301. The molecule has 1 saturated heterocycles. The highest BCUT2D eigenvalue weighted by atomic mass is 19.1. The summed E-state index contributed by atoms with van der Waals surface area (Å²) in [7, 11) is 0. The molecule has 2 N–H and O–H groups in total. The molecule has 0 bridgehead atoms. The fourth-order valence-electron chi connectivity index (χ4n) is 2.63. The molecule has 2 amide bonds. The van der Waals surface area contributed by atoms with Crippen molar-refractivity contribution in [1.29, 1.82) is 0 Å². The van der Waals surface area contributed by atoms with E-state index in [-0.39, 0.29) is 30.9 Å². The molecule has 0 spiro atoms. The summed E-state index contributed by atoms with van der Waals surface area (Å²) in [5, 5.41) is 9.87. The Kier molecular flexibility index (Phi) is 5.05. The van der Waals surface area contributed by atoms with Gasteiger partial charge in [0.2, 0.25) is 5.89 Å². The van der Waals surface area contributed by atoms with Crippen LogP contribution in [0.1, 0.15) is 24.2 Å². The van der Waals surface area contributed by atoms with Gasteiger partial charge in [-0.2, -0.15) is 4.98 Å². The van der Waals surface area contributed by atoms with Gasteiger partial charge in [-0.1, -0.05) is 23.4 Å². The second-order valence-corrected chi connectivity index (χ2v) is 5.83. The van der Waals surface area contributed by atoms with Gasteiger partial charge in [-0.3, -0.25) is 0 Å². The lowest BCUT2D eigenvalue weighted by Crippen LogP contribution is -2.53. The summed E-state index contributed by atoms with van der Waals surface area (Å²) in [5.41, 5.74) is 0.503. The molecule has 3 rings (SSSR count). The van der Waals surface area contributed by atoms with Crippen LogP contribution in [0.4, 0.5) is 9.18 Å². The summed E-state index contributed by atoms with van der Waals surface area (Å²) in [6.07, 6.45) is 0.249. The summed E-state index contributed by atoms with van der Waals surface area (Å²) < 4.78 is 18.7. The first-order chi connectivity index (χ1) is 11.6. The number of rotatable bonds is 4. The summed E-state index contributed by atoms with van der Waals surface area (Å²) in [6.45, 7) is 4.29. The maximum Gasteiger partial charge on any atom is 0.317 e. The molecule has 1 aromatic carbocycles. The van der Waals surface area contributed by atoms with Gasteiger partial charge in [-0.05, 0) is 18.6 Å². The highest BCUT2D eigenvalue weighted by Crippen LogP contribution is 2.11. The van der Waals surface area contributed by atoms with Crippen LogP contribution in [0.2, 0.25) is 0 Å². The van der Waals surface area contributed by atoms with Crippen LogP contribution in [0.3, 0.4) is 0 Å². The third-order valence-electron chi connectivity index (χ3n) is 3.86. The van der Waals surface area contributed by atoms with Gasteiger partial charge >= 0.3 is 6.03 Å². The molecule has 1 fully saturated rings. The standard InChI is InChI=1S/C16H20FN5O2/c1-11-10-22(7-6-18-11)16(23)19-9-15-20-14(21-24-15)8-12-4-2-3-5-13(12)17/h2-5,11,18H,6-10H2,1H3,(H,19,23). The Bertz CT molecular complexity index is 705. The molecule has 2 heterocycles. The summed E-state index contributed by atoms with van der Waals surface area (Å²) in [5.74, 6) is 0.392. The van der Waals surface area contributed by atoms with Gasteiger partial charge in [0.15, 0.2) is 5.82 Å². The zero-order valence-electron chi connectivity index (χ0n) is 13.5. The Hall–Kier alpha value is -2.48. The lowest BCUT2D eigenvalue weighted by Gasteiger charge is -2.31. The van der Waals surface area contributed by atoms with Gasteiger partial charge in [0.1, 0.15) is 5.82 Å². The van der Waals surface area contributed by atoms with Crippen molar-refractivity contribution < 1.29 is 13.7 Å². The number of carbonyl (C=O) groups is 1. The molecule has 8 heteroatoms. The zero-order valence-corrected chi connectivity index (χ0v) is 13.5. The van der Waals surface area contributed by atoms with E-state index < -0.39 is 0 Å². The number of carbonyl (C=O) groups excluding carboxylic acids is 1. The molecule has 1 aliphatic heterocycles. The predicted octanol–water partition coefficient (Wildman–Crippen LogP) is 1.30. The van der Waals surface area contributed by atoms with Gasteiger partial charge in [-0.25, -0.2) is 9.18 Å². The van der Waals surface area contributed by atoms with Gasteiger partial charge in [0, 0.05) is 32.1 Å². The molecule has 1 aliphatic rings. The first kappa shape index (κ1) is 16.4. The molecular formula is C16H20FN5O2. The zero-order chi connectivity index (χ0) is 16.9. The van der Waals surface area contributed by atoms with Gasteiger partial charge in [0.25, 0.3) is 0 Å². The van der Waals surface area contributed by atoms with Crippen molar-refractivity contribution in [1.82, 2.24) is 25.7 Å². The average Bonchev–Trinajstić information content (AvgIpc) is 3.02. The van der Waals surface area contributed by atoms with E-state index in [0.29, 0.717) is 30.4 Å². The van der Waals surface area contributed by atoms with Crippen LogP contribution in [0, 0.1) is 5.82 Å². The molecule has 24 heavy (non-hydrogen) atoms. The van der Waals surface area contributed by atoms with Crippen molar-refractivity contribution >= 4 is 6.03 Å². The number of amides is 2. The average molecular weight is 333 g/mol. The fraction of sp³-hybridized carbons (Fsp3) is 0.438. The molecule has 1 aromatic heterocycles. The van der Waals surface area contributed by atoms with Crippen LogP contribution >= 0.6 is 0 Å². The summed E-state index contributed by atoms with van der Waals surface area (Å²) in [6, 6.07) is 6.59. The topological polar surface area (TPSA) is 83.3 Å². The number of nitrogens with one attached hydrogen (secondary N) is 2. The first-order valence-corrected chi connectivity index (χ1v) is 7.93. The number of piperazine rings is 1. The smallest absolute Gasteiger partial charge is 0.317 e. The van der Waals surface area contributed by atoms with Crippen LogP contribution in [0.25, 0.3) is 0 Å². The Labute approximate surface area is 139 Å². The molecular weight excluding hydrogens is 313 g/mol. The lowest BCUT2D eigenvalue weighted by atomic mass is 10.1. The van der Waals surface area contributed by atoms with Crippen molar-refractivity contribution in [2.45, 2.75) is 25.9 Å². The summed E-state index contributed by atoms with van der Waals surface area (Å²) in [4.78, 5) is 18.0. The highest BCUT2D eigenvalue weighted by Gasteiger charge is 2.20. The van der Waals surface area contributed by atoms with E-state index in [4.69, 9.17) is 4.52 Å². The van der Waals surface area contributed by atoms with Crippen LogP contribution in [0.15, 0.2) is 28.8 Å². The maximum atomic E-state index is 13.6. The Balaban J connectivity index is 1.53. The number of nitrogens with zero attached hydrogens (tertiary/aromatic N) is 3. The number of hydrogen-bond donors (Lipinski definition) is 2. The number of benzene rings is 1. The largest absolute Gasteiger partial charge is 0.337 e. The molecule has 7 nitrogen and oxygen atoms in total. The fourth-order valence-corrected chi connectivity index (χ4v) is 2.63. The van der Waals surface area contributed by atoms with E-state index in [2.05, 4.69) is 20.8 Å². The highest BCUT2D eigenvalue weighted by molar-refractivity contribution is 5.74. The van der Waals surface area contributed by atoms with Crippen molar-refractivity contribution in [3.63, 3.8) is 0 Å². The molecule has 2 aromatic rings. The second kappa shape index (κ2) is 7.39. The maximum absolute atomic E-state index is 13.6. The molecule has 0 saturated carbocycles. The molecule has 1 atom stereocenters. The lowest BCUT2D eigenvalue weighted by molar-refractivity contribution is 0.177. The van der Waals surface area contributed by atoms with Crippen molar-refractivity contribution in [3.8, 4) is 0 Å². The number of hydrogen-bond acceptors (Lipinski definition) is 5. The second-order valence-electron chi connectivity index (χ2n) is 5.83. The van der Waals surface area contributed by atoms with Crippen LogP contribution < -0.4 is 10.6 Å². The van der Waals surface area contributed by atoms with E-state index in [0.717, 1.165) is 6.54 Å². The normalized spacial score (nSPS) is 17.8. The number of urea groups is 1. The van der Waals surface area contributed by atoms with E-state index >= 15 is 0 Å². The molecule has 1 unspecified atom stereocenters. The van der Waals surface area contributed by atoms with Gasteiger partial charge < -0.3 is 20.1 Å². The number of aromatic nitrogens is 2. The third-order valence-corrected chi connectivity index (χ3v) is 3.86. The minimum Gasteiger partial charge on any atom is -0.337 e. The van der Waals surface area contributed by atoms with Crippen molar-refractivity contribution in [2.75, 3.05) is 19.6 Å². The molecule has 0 aliphatic carbocycles. The van der Waals surface area contributed by atoms with Crippen LogP contribution in [-0.4, -0.2) is 46.7 Å². The summed E-state index contributed by atoms with van der Waals surface area (Å²) >= 11 is 0. The van der Waals surface area contributed by atoms with E-state index in [1.807, 2.05) is 6.92 Å². The van der Waals surface area contributed by atoms with E-state index in [1.165, 1.54) is 6.07 Å². The quantitative estimate of drug-likeness (QED) is 0.881. The predicted molar refractivity (Wildman–Crippen MR) is 84.8 cm³/mol. The monoisotopic (exact) mass is 333 g/mol. The van der Waals surface area contributed by atoms with Gasteiger partial charge in [0.05, 0.1) is 6.54 Å². The Morgan fingerprint density at radius 2 is 2.33 bits per heavy atom. The first-order valence-electron chi connectivity index (χ1n) is 7.93. The van der Waals surface area contributed by atoms with Crippen molar-refractivity contribution in [3.05, 3.63) is 47.4 Å². The minimum absolute atomic E-state index is 0.154. The van der Waals surface area contributed by atoms with E-state index in [9.17, 15) is 9.18 Å². The number of halogens is 1. The SMILES string of the molecule is CC1CN(C(=O)NCc2nc(Cc3ccccc3F)no2)CCN1. The van der Waals surface area contributed by atoms with Crippen molar-refractivity contribution in [2.24, 2.45) is 0 Å². The van der Waals surface area contributed by atoms with Gasteiger partial charge in [-0.15, -0.1) is 0 Å². The Morgan fingerprint density at radius 1 is 1.50 bits per heavy atom.